The average molecular weight is 386 g/mol. The van der Waals surface area contributed by atoms with Crippen LogP contribution in [0, 0.1) is 5.92 Å². The van der Waals surface area contributed by atoms with Crippen molar-refractivity contribution < 1.29 is 19.5 Å². The van der Waals surface area contributed by atoms with Crippen LogP contribution in [-0.2, 0) is 9.59 Å². The summed E-state index contributed by atoms with van der Waals surface area (Å²) in [7, 11) is 0. The van der Waals surface area contributed by atoms with Crippen molar-refractivity contribution in [2.24, 2.45) is 5.92 Å². The summed E-state index contributed by atoms with van der Waals surface area (Å²) in [5.41, 5.74) is 1.44. The number of carboxylic acids is 1. The molecule has 28 heavy (non-hydrogen) atoms. The van der Waals surface area contributed by atoms with Gasteiger partial charge in [0, 0.05) is 43.0 Å². The molecular weight excluding hydrogens is 360 g/mol. The molecule has 2 aliphatic carbocycles. The molecule has 3 aliphatic rings. The van der Waals surface area contributed by atoms with Crippen molar-refractivity contribution in [1.29, 1.82) is 0 Å². The fourth-order valence-electron chi connectivity index (χ4n) is 3.84. The molecule has 1 aromatic rings. The van der Waals surface area contributed by atoms with E-state index in [0.717, 1.165) is 25.1 Å². The molecule has 1 aromatic carbocycles. The van der Waals surface area contributed by atoms with Crippen LogP contribution in [0.4, 0.5) is 16.2 Å². The zero-order valence-electron chi connectivity index (χ0n) is 15.8. The fourth-order valence-corrected chi connectivity index (χ4v) is 3.84. The summed E-state index contributed by atoms with van der Waals surface area (Å²) in [5, 5.41) is 14.9. The number of nitrogens with one attached hydrogen (secondary N) is 2. The summed E-state index contributed by atoms with van der Waals surface area (Å²) >= 11 is 0. The number of aliphatic carboxylic acids is 1. The number of hydrogen-bond donors (Lipinski definition) is 3. The van der Waals surface area contributed by atoms with Crippen molar-refractivity contribution in [3.8, 4) is 0 Å². The van der Waals surface area contributed by atoms with Gasteiger partial charge in [-0.2, -0.15) is 0 Å². The SMILES string of the molecule is O=C(O)CN(CC1CC1)C1CC(NC(=O)Nc2cccc(N3CCC3=O)c2)C1. The molecule has 1 saturated heterocycles. The van der Waals surface area contributed by atoms with E-state index in [1.54, 1.807) is 17.0 Å². The minimum atomic E-state index is -0.796. The second-order valence-corrected chi connectivity index (χ2v) is 8.03. The Morgan fingerprint density at radius 3 is 2.64 bits per heavy atom. The lowest BCUT2D eigenvalue weighted by Gasteiger charge is -2.42. The number of carbonyl (C=O) groups excluding carboxylic acids is 2. The van der Waals surface area contributed by atoms with Gasteiger partial charge < -0.3 is 20.6 Å². The fraction of sp³-hybridized carbons (Fsp3) is 0.550. The number of carbonyl (C=O) groups is 3. The maximum Gasteiger partial charge on any atom is 0.319 e. The number of β-lactam (4-membered cyclic amide) rings is 1. The van der Waals surface area contributed by atoms with Gasteiger partial charge >= 0.3 is 12.0 Å². The van der Waals surface area contributed by atoms with E-state index in [4.69, 9.17) is 5.11 Å². The first kappa shape index (κ1) is 18.7. The topological polar surface area (TPSA) is 102 Å². The molecule has 2 saturated carbocycles. The molecule has 0 aromatic heterocycles. The number of benzene rings is 1. The summed E-state index contributed by atoms with van der Waals surface area (Å²) in [5.74, 6) is -0.0604. The smallest absolute Gasteiger partial charge is 0.319 e. The highest BCUT2D eigenvalue weighted by atomic mass is 16.4. The van der Waals surface area contributed by atoms with E-state index in [1.807, 2.05) is 17.0 Å². The van der Waals surface area contributed by atoms with Crippen LogP contribution in [0.5, 0.6) is 0 Å². The highest BCUT2D eigenvalue weighted by molar-refractivity contribution is 6.00. The van der Waals surface area contributed by atoms with Crippen LogP contribution < -0.4 is 15.5 Å². The number of nitrogens with zero attached hydrogens (tertiary/aromatic N) is 2. The van der Waals surface area contributed by atoms with E-state index in [2.05, 4.69) is 10.6 Å². The zero-order valence-corrected chi connectivity index (χ0v) is 15.8. The van der Waals surface area contributed by atoms with Crippen molar-refractivity contribution >= 4 is 29.3 Å². The van der Waals surface area contributed by atoms with Gasteiger partial charge in [-0.15, -0.1) is 0 Å². The molecule has 0 radical (unpaired) electrons. The largest absolute Gasteiger partial charge is 0.480 e. The predicted molar refractivity (Wildman–Crippen MR) is 104 cm³/mol. The first-order chi connectivity index (χ1) is 13.5. The van der Waals surface area contributed by atoms with Crippen LogP contribution in [0.15, 0.2) is 24.3 Å². The second kappa shape index (κ2) is 7.79. The van der Waals surface area contributed by atoms with Crippen LogP contribution in [0.2, 0.25) is 0 Å². The highest BCUT2D eigenvalue weighted by Gasteiger charge is 2.37. The van der Waals surface area contributed by atoms with Gasteiger partial charge in [-0.3, -0.25) is 14.5 Å². The molecule has 150 valence electrons. The number of carboxylic acid groups (broad SMARTS) is 1. The number of amides is 3. The summed E-state index contributed by atoms with van der Waals surface area (Å²) in [6.07, 6.45) is 4.50. The Morgan fingerprint density at radius 2 is 2.04 bits per heavy atom. The third-order valence-electron chi connectivity index (χ3n) is 5.76. The number of urea groups is 1. The van der Waals surface area contributed by atoms with Gasteiger partial charge in [0.1, 0.15) is 0 Å². The highest BCUT2D eigenvalue weighted by Crippen LogP contribution is 2.33. The minimum absolute atomic E-state index is 0.0561. The molecule has 0 spiro atoms. The maximum atomic E-state index is 12.3. The lowest BCUT2D eigenvalue weighted by Crippen LogP contribution is -2.55. The normalized spacial score (nSPS) is 23.8. The Hall–Kier alpha value is -2.61. The van der Waals surface area contributed by atoms with Crippen LogP contribution in [0.1, 0.15) is 32.1 Å². The third kappa shape index (κ3) is 4.44. The van der Waals surface area contributed by atoms with E-state index in [0.29, 0.717) is 24.6 Å². The summed E-state index contributed by atoms with van der Waals surface area (Å²) < 4.78 is 0. The second-order valence-electron chi connectivity index (χ2n) is 8.03. The van der Waals surface area contributed by atoms with Crippen molar-refractivity contribution in [1.82, 2.24) is 10.2 Å². The summed E-state index contributed by atoms with van der Waals surface area (Å²) in [4.78, 5) is 38.7. The van der Waals surface area contributed by atoms with Gasteiger partial charge in [-0.25, -0.2) is 4.79 Å². The Labute approximate surface area is 163 Å². The van der Waals surface area contributed by atoms with E-state index < -0.39 is 5.97 Å². The van der Waals surface area contributed by atoms with E-state index >= 15 is 0 Å². The first-order valence-electron chi connectivity index (χ1n) is 9.91. The van der Waals surface area contributed by atoms with Crippen molar-refractivity contribution in [2.75, 3.05) is 29.9 Å². The average Bonchev–Trinajstić information content (AvgIpc) is 3.40. The third-order valence-corrected chi connectivity index (χ3v) is 5.76. The molecule has 1 heterocycles. The minimum Gasteiger partial charge on any atom is -0.480 e. The molecule has 3 amide bonds. The molecule has 3 N–H and O–H groups in total. The standard InChI is InChI=1S/C20H26N4O4/c25-18-6-7-24(18)16-3-1-2-14(8-16)21-20(28)22-15-9-17(10-15)23(12-19(26)27)11-13-4-5-13/h1-3,8,13,15,17H,4-7,9-12H2,(H,26,27)(H2,21,22,28). The van der Waals surface area contributed by atoms with Gasteiger partial charge in [0.2, 0.25) is 5.91 Å². The molecule has 3 fully saturated rings. The number of anilines is 2. The number of hydrogen-bond acceptors (Lipinski definition) is 4. The van der Waals surface area contributed by atoms with Gasteiger partial charge in [0.05, 0.1) is 6.54 Å². The quantitative estimate of drug-likeness (QED) is 0.592. The lowest BCUT2D eigenvalue weighted by atomic mass is 9.85. The van der Waals surface area contributed by atoms with Crippen molar-refractivity contribution in [2.45, 2.75) is 44.2 Å². The molecular formula is C20H26N4O4. The lowest BCUT2D eigenvalue weighted by molar-refractivity contribution is -0.139. The van der Waals surface area contributed by atoms with Crippen LogP contribution in [0.25, 0.3) is 0 Å². The Bertz CT molecular complexity index is 773. The molecule has 0 unspecified atom stereocenters. The van der Waals surface area contributed by atoms with E-state index in [1.165, 1.54) is 12.8 Å². The first-order valence-corrected chi connectivity index (χ1v) is 9.91. The predicted octanol–water partition coefficient (Wildman–Crippen LogP) is 1.87. The summed E-state index contributed by atoms with van der Waals surface area (Å²) in [6, 6.07) is 7.27. The van der Waals surface area contributed by atoms with Crippen LogP contribution in [-0.4, -0.2) is 59.6 Å². The zero-order chi connectivity index (χ0) is 19.7. The van der Waals surface area contributed by atoms with Gasteiger partial charge in [-0.1, -0.05) is 6.07 Å². The van der Waals surface area contributed by atoms with Crippen LogP contribution in [0.3, 0.4) is 0 Å². The monoisotopic (exact) mass is 386 g/mol. The molecule has 0 atom stereocenters. The Balaban J connectivity index is 1.24. The summed E-state index contributed by atoms with van der Waals surface area (Å²) in [6.45, 7) is 1.63. The van der Waals surface area contributed by atoms with Gasteiger partial charge in [0.25, 0.3) is 0 Å². The molecule has 1 aliphatic heterocycles. The Morgan fingerprint density at radius 1 is 1.25 bits per heavy atom. The molecule has 8 heteroatoms. The van der Waals surface area contributed by atoms with Crippen LogP contribution >= 0.6 is 0 Å². The maximum absolute atomic E-state index is 12.3. The van der Waals surface area contributed by atoms with Crippen molar-refractivity contribution in [3.63, 3.8) is 0 Å². The van der Waals surface area contributed by atoms with Crippen molar-refractivity contribution in [3.05, 3.63) is 24.3 Å². The van der Waals surface area contributed by atoms with Gasteiger partial charge in [-0.05, 0) is 49.8 Å². The molecule has 0 bridgehead atoms. The number of rotatable bonds is 8. The van der Waals surface area contributed by atoms with E-state index in [9.17, 15) is 14.4 Å². The Kier molecular flexibility index (Phi) is 5.21. The van der Waals surface area contributed by atoms with E-state index in [-0.39, 0.29) is 30.6 Å². The van der Waals surface area contributed by atoms with Gasteiger partial charge in [0.15, 0.2) is 0 Å². The molecule has 8 nitrogen and oxygen atoms in total. The molecule has 4 rings (SSSR count).